The molecule has 2 fully saturated rings. The van der Waals surface area contributed by atoms with Gasteiger partial charge in [-0.2, -0.15) is 4.91 Å². The first-order valence-electron chi connectivity index (χ1n) is 4.17. The van der Waals surface area contributed by atoms with E-state index in [1.807, 2.05) is 0 Å². The first kappa shape index (κ1) is 6.32. The number of nitrogens with zero attached hydrogens (tertiary/aromatic N) is 1. The minimum atomic E-state index is 0.159. The van der Waals surface area contributed by atoms with Gasteiger partial charge in [0.1, 0.15) is 0 Å². The van der Waals surface area contributed by atoms with Gasteiger partial charge in [-0.25, -0.2) is 0 Å². The van der Waals surface area contributed by atoms with Crippen LogP contribution in [0.1, 0.15) is 38.5 Å². The quantitative estimate of drug-likeness (QED) is 0.513. The van der Waals surface area contributed by atoms with Crippen molar-refractivity contribution in [1.29, 1.82) is 0 Å². The van der Waals surface area contributed by atoms with E-state index in [-0.39, 0.29) is 6.04 Å². The van der Waals surface area contributed by atoms with Crippen molar-refractivity contribution in [3.05, 3.63) is 4.91 Å². The van der Waals surface area contributed by atoms with Crippen LogP contribution in [0.25, 0.3) is 0 Å². The summed E-state index contributed by atoms with van der Waals surface area (Å²) in [5.74, 6) is 0. The number of nitroso groups, excluding NO2 is 1. The zero-order chi connectivity index (χ0) is 7.03. The zero-order valence-corrected chi connectivity index (χ0v) is 6.18. The van der Waals surface area contributed by atoms with Gasteiger partial charge in [0.25, 0.3) is 0 Å². The molecule has 2 nitrogen and oxygen atoms in total. The van der Waals surface area contributed by atoms with Crippen LogP contribution in [0.2, 0.25) is 0 Å². The van der Waals surface area contributed by atoms with Crippen molar-refractivity contribution < 1.29 is 0 Å². The Hall–Kier alpha value is -0.400. The second-order valence-electron chi connectivity index (χ2n) is 3.84. The second kappa shape index (κ2) is 2.04. The maximum absolute atomic E-state index is 10.1. The third-order valence-electron chi connectivity index (χ3n) is 3.12. The maximum Gasteiger partial charge on any atom is 0.0920 e. The predicted octanol–water partition coefficient (Wildman–Crippen LogP) is 2.48. The molecule has 0 aliphatic heterocycles. The Labute approximate surface area is 61.0 Å². The lowest BCUT2D eigenvalue weighted by Gasteiger charge is -2.23. The topological polar surface area (TPSA) is 29.4 Å². The molecule has 0 unspecified atom stereocenters. The van der Waals surface area contributed by atoms with E-state index >= 15 is 0 Å². The van der Waals surface area contributed by atoms with Gasteiger partial charge >= 0.3 is 0 Å². The average Bonchev–Trinajstić information content (AvgIpc) is 2.72. The fourth-order valence-electron chi connectivity index (χ4n) is 2.00. The molecule has 2 aliphatic carbocycles. The van der Waals surface area contributed by atoms with E-state index < -0.39 is 0 Å². The smallest absolute Gasteiger partial charge is 0.0920 e. The Balaban J connectivity index is 1.89. The van der Waals surface area contributed by atoms with Gasteiger partial charge in [-0.3, -0.25) is 0 Å². The molecule has 1 spiro atoms. The van der Waals surface area contributed by atoms with E-state index in [9.17, 15) is 4.91 Å². The monoisotopic (exact) mass is 139 g/mol. The highest BCUT2D eigenvalue weighted by molar-refractivity contribution is 4.97. The van der Waals surface area contributed by atoms with Crippen LogP contribution >= 0.6 is 0 Å². The maximum atomic E-state index is 10.1. The lowest BCUT2D eigenvalue weighted by molar-refractivity contribution is 0.306. The molecule has 56 valence electrons. The van der Waals surface area contributed by atoms with Crippen molar-refractivity contribution >= 4 is 0 Å². The molecular formula is C8H13NO. The summed E-state index contributed by atoms with van der Waals surface area (Å²) in [5.41, 5.74) is 0.710. The van der Waals surface area contributed by atoms with E-state index in [4.69, 9.17) is 0 Å². The molecule has 0 amide bonds. The van der Waals surface area contributed by atoms with Crippen LogP contribution < -0.4 is 0 Å². The van der Waals surface area contributed by atoms with Gasteiger partial charge in [-0.15, -0.1) is 0 Å². The van der Waals surface area contributed by atoms with E-state index in [0.29, 0.717) is 5.41 Å². The zero-order valence-electron chi connectivity index (χ0n) is 6.18. The highest BCUT2D eigenvalue weighted by Gasteiger charge is 2.44. The predicted molar refractivity (Wildman–Crippen MR) is 39.7 cm³/mol. The second-order valence-corrected chi connectivity index (χ2v) is 3.84. The molecule has 0 saturated heterocycles. The molecule has 2 rings (SSSR count). The molecule has 10 heavy (non-hydrogen) atoms. The summed E-state index contributed by atoms with van der Waals surface area (Å²) in [7, 11) is 0. The molecule has 0 aromatic heterocycles. The summed E-state index contributed by atoms with van der Waals surface area (Å²) in [6.45, 7) is 0. The van der Waals surface area contributed by atoms with Crippen LogP contribution in [-0.2, 0) is 0 Å². The van der Waals surface area contributed by atoms with E-state index in [1.165, 1.54) is 25.7 Å². The van der Waals surface area contributed by atoms with Crippen LogP contribution in [-0.4, -0.2) is 6.04 Å². The van der Waals surface area contributed by atoms with Crippen molar-refractivity contribution in [2.75, 3.05) is 0 Å². The van der Waals surface area contributed by atoms with Gasteiger partial charge in [0.05, 0.1) is 6.04 Å². The third-order valence-corrected chi connectivity index (χ3v) is 3.12. The molecule has 2 aliphatic rings. The molecule has 0 atom stereocenters. The highest BCUT2D eigenvalue weighted by atomic mass is 16.3. The van der Waals surface area contributed by atoms with Gasteiger partial charge in [0.2, 0.25) is 0 Å². The third kappa shape index (κ3) is 0.957. The van der Waals surface area contributed by atoms with Crippen molar-refractivity contribution in [2.24, 2.45) is 10.6 Å². The standard InChI is InChI=1S/C8H13NO/c10-9-7-1-3-8(4-2-7)5-6-8/h7H,1-6H2. The molecule has 0 aromatic carbocycles. The Morgan fingerprint density at radius 3 is 2.10 bits per heavy atom. The highest BCUT2D eigenvalue weighted by Crippen LogP contribution is 2.56. The normalized spacial score (nSPS) is 30.4. The summed E-state index contributed by atoms with van der Waals surface area (Å²) in [6, 6.07) is 0.159. The lowest BCUT2D eigenvalue weighted by atomic mass is 9.84. The summed E-state index contributed by atoms with van der Waals surface area (Å²) >= 11 is 0. The number of hydrogen-bond acceptors (Lipinski definition) is 2. The van der Waals surface area contributed by atoms with Crippen molar-refractivity contribution in [3.63, 3.8) is 0 Å². The minimum Gasteiger partial charge on any atom is -0.151 e. The van der Waals surface area contributed by atoms with Crippen molar-refractivity contribution in [3.8, 4) is 0 Å². The molecule has 0 heterocycles. The summed E-state index contributed by atoms with van der Waals surface area (Å²) in [5, 5.41) is 3.09. The Morgan fingerprint density at radius 1 is 1.10 bits per heavy atom. The van der Waals surface area contributed by atoms with Gasteiger partial charge in [-0.1, -0.05) is 5.18 Å². The summed E-state index contributed by atoms with van der Waals surface area (Å²) in [4.78, 5) is 10.1. The summed E-state index contributed by atoms with van der Waals surface area (Å²) in [6.07, 6.45) is 7.48. The molecule has 0 bridgehead atoms. The Bertz CT molecular complexity index is 141. The van der Waals surface area contributed by atoms with Crippen LogP contribution in [0.4, 0.5) is 0 Å². The van der Waals surface area contributed by atoms with Crippen LogP contribution in [0, 0.1) is 10.3 Å². The van der Waals surface area contributed by atoms with E-state index in [1.54, 1.807) is 0 Å². The van der Waals surface area contributed by atoms with Gasteiger partial charge in [0.15, 0.2) is 0 Å². The number of rotatable bonds is 1. The van der Waals surface area contributed by atoms with Crippen molar-refractivity contribution in [1.82, 2.24) is 0 Å². The fraction of sp³-hybridized carbons (Fsp3) is 1.00. The first-order chi connectivity index (χ1) is 4.85. The van der Waals surface area contributed by atoms with E-state index in [2.05, 4.69) is 5.18 Å². The molecule has 2 heteroatoms. The van der Waals surface area contributed by atoms with Crippen LogP contribution in [0.15, 0.2) is 5.18 Å². The molecule has 0 aromatic rings. The molecular weight excluding hydrogens is 126 g/mol. The van der Waals surface area contributed by atoms with Crippen LogP contribution in [0.5, 0.6) is 0 Å². The van der Waals surface area contributed by atoms with Gasteiger partial charge < -0.3 is 0 Å². The molecule has 0 N–H and O–H groups in total. The Morgan fingerprint density at radius 2 is 1.70 bits per heavy atom. The van der Waals surface area contributed by atoms with Gasteiger partial charge in [-0.05, 0) is 43.9 Å². The van der Waals surface area contributed by atoms with E-state index in [0.717, 1.165) is 12.8 Å². The first-order valence-corrected chi connectivity index (χ1v) is 4.17. The average molecular weight is 139 g/mol. The largest absolute Gasteiger partial charge is 0.151 e. The minimum absolute atomic E-state index is 0.159. The summed E-state index contributed by atoms with van der Waals surface area (Å²) < 4.78 is 0. The molecule has 2 saturated carbocycles. The number of hydrogen-bond donors (Lipinski definition) is 0. The fourth-order valence-corrected chi connectivity index (χ4v) is 2.00. The molecule has 0 radical (unpaired) electrons. The Kier molecular flexibility index (Phi) is 1.29. The SMILES string of the molecule is O=NC1CCC2(CC1)CC2. The van der Waals surface area contributed by atoms with Gasteiger partial charge in [0, 0.05) is 0 Å². The van der Waals surface area contributed by atoms with Crippen molar-refractivity contribution in [2.45, 2.75) is 44.6 Å². The van der Waals surface area contributed by atoms with Crippen LogP contribution in [0.3, 0.4) is 0 Å². The lowest BCUT2D eigenvalue weighted by Crippen LogP contribution is -2.17.